The molecule has 0 saturated carbocycles. The Hall–Kier alpha value is -3.27. The van der Waals surface area contributed by atoms with Gasteiger partial charge in [0.05, 0.1) is 0 Å². The van der Waals surface area contributed by atoms with Crippen molar-refractivity contribution in [2.75, 3.05) is 13.2 Å². The van der Waals surface area contributed by atoms with E-state index in [1.165, 1.54) is 22.3 Å². The third-order valence-corrected chi connectivity index (χ3v) is 5.84. The molecule has 4 nitrogen and oxygen atoms in total. The van der Waals surface area contributed by atoms with Gasteiger partial charge in [-0.1, -0.05) is 60.7 Å². The molecule has 5 rings (SSSR count). The highest BCUT2D eigenvalue weighted by Gasteiger charge is 2.30. The number of carbonyl (C=O) groups excluding carboxylic acids is 1. The normalized spacial score (nSPS) is 14.9. The summed E-state index contributed by atoms with van der Waals surface area (Å²) in [5, 5.41) is 9.98. The highest BCUT2D eigenvalue weighted by molar-refractivity contribution is 5.79. The molecule has 0 fully saturated rings. The van der Waals surface area contributed by atoms with Gasteiger partial charge in [-0.15, -0.1) is 0 Å². The summed E-state index contributed by atoms with van der Waals surface area (Å²) in [6, 6.07) is 22.1. The summed E-state index contributed by atoms with van der Waals surface area (Å²) in [6.07, 6.45) is 0.350. The summed E-state index contributed by atoms with van der Waals surface area (Å²) >= 11 is 0. The van der Waals surface area contributed by atoms with Crippen molar-refractivity contribution in [3.8, 4) is 16.9 Å². The first-order chi connectivity index (χ1) is 13.7. The molecule has 3 aromatic rings. The fourth-order valence-electron chi connectivity index (χ4n) is 4.43. The van der Waals surface area contributed by atoms with Gasteiger partial charge in [0, 0.05) is 24.6 Å². The third-order valence-electron chi connectivity index (χ3n) is 5.84. The fraction of sp³-hybridized carbons (Fsp3) is 0.208. The van der Waals surface area contributed by atoms with Crippen molar-refractivity contribution in [3.63, 3.8) is 0 Å². The van der Waals surface area contributed by atoms with Gasteiger partial charge in [0.15, 0.2) is 0 Å². The Morgan fingerprint density at radius 3 is 2.36 bits per heavy atom. The Kier molecular flexibility index (Phi) is 4.05. The number of ether oxygens (including phenoxy) is 1. The van der Waals surface area contributed by atoms with Gasteiger partial charge in [0.2, 0.25) is 0 Å². The summed E-state index contributed by atoms with van der Waals surface area (Å²) in [7, 11) is 0. The molecule has 0 atom stereocenters. The van der Waals surface area contributed by atoms with Crippen LogP contribution in [0.4, 0.5) is 4.79 Å². The number of fused-ring (bicyclic) bond motifs is 4. The van der Waals surface area contributed by atoms with Gasteiger partial charge < -0.3 is 14.7 Å². The first kappa shape index (κ1) is 16.9. The lowest BCUT2D eigenvalue weighted by atomic mass is 9.98. The largest absolute Gasteiger partial charge is 0.508 e. The number of aromatic hydroxyl groups is 1. The highest BCUT2D eigenvalue weighted by Crippen LogP contribution is 2.44. The van der Waals surface area contributed by atoms with Gasteiger partial charge in [-0.25, -0.2) is 4.79 Å². The number of carbonyl (C=O) groups is 1. The maximum absolute atomic E-state index is 12.7. The summed E-state index contributed by atoms with van der Waals surface area (Å²) < 4.78 is 5.75. The van der Waals surface area contributed by atoms with Gasteiger partial charge >= 0.3 is 6.09 Å². The molecular weight excluding hydrogens is 350 g/mol. The van der Waals surface area contributed by atoms with Crippen LogP contribution in [0.2, 0.25) is 0 Å². The maximum Gasteiger partial charge on any atom is 0.410 e. The second-order valence-electron chi connectivity index (χ2n) is 7.39. The van der Waals surface area contributed by atoms with Crippen LogP contribution < -0.4 is 0 Å². The van der Waals surface area contributed by atoms with Crippen LogP contribution in [0.25, 0.3) is 11.1 Å². The smallest absolute Gasteiger partial charge is 0.410 e. The van der Waals surface area contributed by atoms with E-state index in [-0.39, 0.29) is 12.0 Å². The van der Waals surface area contributed by atoms with Crippen molar-refractivity contribution >= 4 is 6.09 Å². The monoisotopic (exact) mass is 371 g/mol. The molecule has 1 aliphatic heterocycles. The summed E-state index contributed by atoms with van der Waals surface area (Å²) in [4.78, 5) is 14.4. The molecular formula is C24H21NO3. The molecule has 28 heavy (non-hydrogen) atoms. The molecule has 0 radical (unpaired) electrons. The van der Waals surface area contributed by atoms with Crippen LogP contribution in [-0.2, 0) is 17.7 Å². The summed E-state index contributed by atoms with van der Waals surface area (Å²) in [5.74, 6) is 0.377. The molecule has 0 aromatic heterocycles. The number of benzene rings is 3. The SMILES string of the molecule is O=C(OCC1c2ccccc2-c2ccccc21)N1CCc2c(O)cccc2C1. The molecule has 1 aliphatic carbocycles. The van der Waals surface area contributed by atoms with E-state index < -0.39 is 0 Å². The van der Waals surface area contributed by atoms with Crippen molar-refractivity contribution in [1.82, 2.24) is 4.90 Å². The number of phenols is 1. The Balaban J connectivity index is 1.32. The van der Waals surface area contributed by atoms with Crippen molar-refractivity contribution in [3.05, 3.63) is 89.0 Å². The van der Waals surface area contributed by atoms with Crippen LogP contribution in [0.5, 0.6) is 5.75 Å². The average molecular weight is 371 g/mol. The Labute approximate surface area is 164 Å². The van der Waals surface area contributed by atoms with Crippen molar-refractivity contribution in [2.45, 2.75) is 18.9 Å². The molecule has 0 bridgehead atoms. The minimum atomic E-state index is -0.296. The van der Waals surface area contributed by atoms with Gasteiger partial charge in [-0.05, 0) is 40.3 Å². The van der Waals surface area contributed by atoms with Gasteiger partial charge in [-0.3, -0.25) is 0 Å². The number of nitrogens with zero attached hydrogens (tertiary/aromatic N) is 1. The van der Waals surface area contributed by atoms with E-state index in [1.54, 1.807) is 11.0 Å². The first-order valence-electron chi connectivity index (χ1n) is 9.62. The minimum absolute atomic E-state index is 0.0671. The lowest BCUT2D eigenvalue weighted by molar-refractivity contribution is 0.0951. The average Bonchev–Trinajstić information content (AvgIpc) is 3.06. The first-order valence-corrected chi connectivity index (χ1v) is 9.62. The standard InChI is InChI=1S/C24H21NO3/c26-23-11-5-6-16-14-25(13-12-17(16)23)24(27)28-15-22-20-9-3-1-7-18(20)19-8-2-4-10-21(19)22/h1-11,22,26H,12-15H2. The molecule has 0 unspecified atom stereocenters. The predicted molar refractivity (Wildman–Crippen MR) is 107 cm³/mol. The predicted octanol–water partition coefficient (Wildman–Crippen LogP) is 4.70. The van der Waals surface area contributed by atoms with Gasteiger partial charge in [-0.2, -0.15) is 0 Å². The lowest BCUT2D eigenvalue weighted by Gasteiger charge is -2.29. The van der Waals surface area contributed by atoms with Crippen LogP contribution in [0.15, 0.2) is 66.7 Å². The number of hydrogen-bond acceptors (Lipinski definition) is 3. The van der Waals surface area contributed by atoms with E-state index in [9.17, 15) is 9.90 Å². The maximum atomic E-state index is 12.7. The minimum Gasteiger partial charge on any atom is -0.508 e. The topological polar surface area (TPSA) is 49.8 Å². The van der Waals surface area contributed by atoms with E-state index in [1.807, 2.05) is 36.4 Å². The van der Waals surface area contributed by atoms with Crippen LogP contribution in [-0.4, -0.2) is 29.3 Å². The Morgan fingerprint density at radius 1 is 0.964 bits per heavy atom. The number of hydrogen-bond donors (Lipinski definition) is 1. The number of amides is 1. The molecule has 140 valence electrons. The lowest BCUT2D eigenvalue weighted by Crippen LogP contribution is -2.37. The summed E-state index contributed by atoms with van der Waals surface area (Å²) in [6.45, 7) is 1.36. The van der Waals surface area contributed by atoms with Crippen LogP contribution in [0.3, 0.4) is 0 Å². The van der Waals surface area contributed by atoms with E-state index in [2.05, 4.69) is 24.3 Å². The van der Waals surface area contributed by atoms with Crippen molar-refractivity contribution in [1.29, 1.82) is 0 Å². The zero-order valence-corrected chi connectivity index (χ0v) is 15.5. The zero-order valence-electron chi connectivity index (χ0n) is 15.5. The highest BCUT2D eigenvalue weighted by atomic mass is 16.6. The van der Waals surface area contributed by atoms with Crippen molar-refractivity contribution < 1.29 is 14.6 Å². The third kappa shape index (κ3) is 2.73. The molecule has 1 N–H and O–H groups in total. The van der Waals surface area contributed by atoms with Gasteiger partial charge in [0.1, 0.15) is 12.4 Å². The molecule has 2 aliphatic rings. The van der Waals surface area contributed by atoms with Crippen LogP contribution >= 0.6 is 0 Å². The quantitative estimate of drug-likeness (QED) is 0.710. The van der Waals surface area contributed by atoms with E-state index in [0.717, 1.165) is 11.1 Å². The summed E-state index contributed by atoms with van der Waals surface area (Å²) in [5.41, 5.74) is 6.80. The number of phenolic OH excluding ortho intramolecular Hbond substituents is 1. The second kappa shape index (κ2) is 6.71. The van der Waals surface area contributed by atoms with Crippen LogP contribution in [0, 0.1) is 0 Å². The van der Waals surface area contributed by atoms with E-state index in [0.29, 0.717) is 31.9 Å². The molecule has 3 aromatic carbocycles. The Bertz CT molecular complexity index is 1010. The molecule has 1 heterocycles. The molecule has 0 spiro atoms. The molecule has 1 amide bonds. The molecule has 4 heteroatoms. The van der Waals surface area contributed by atoms with Crippen LogP contribution in [0.1, 0.15) is 28.2 Å². The zero-order chi connectivity index (χ0) is 19.1. The number of rotatable bonds is 2. The van der Waals surface area contributed by atoms with Gasteiger partial charge in [0.25, 0.3) is 0 Å². The van der Waals surface area contributed by atoms with Crippen molar-refractivity contribution in [2.24, 2.45) is 0 Å². The van der Waals surface area contributed by atoms with E-state index in [4.69, 9.17) is 4.74 Å². The fourth-order valence-corrected chi connectivity index (χ4v) is 4.43. The van der Waals surface area contributed by atoms with E-state index >= 15 is 0 Å². The molecule has 0 saturated heterocycles. The Morgan fingerprint density at radius 2 is 1.64 bits per heavy atom. The second-order valence-corrected chi connectivity index (χ2v) is 7.39.